The molecule has 0 spiro atoms. The number of nitrogens with zero attached hydrogens (tertiary/aromatic N) is 3. The van der Waals surface area contributed by atoms with Gasteiger partial charge in [0.1, 0.15) is 0 Å². The van der Waals surface area contributed by atoms with E-state index in [1.807, 2.05) is 47.3 Å². The molecule has 0 radical (unpaired) electrons. The number of Topliss-reactive ketones (excluding diaryl/α,β-unsaturated/α-hetero) is 1. The third-order valence-electron chi connectivity index (χ3n) is 3.48. The van der Waals surface area contributed by atoms with Crippen molar-refractivity contribution in [1.82, 2.24) is 9.55 Å². The van der Waals surface area contributed by atoms with E-state index in [1.165, 1.54) is 11.8 Å². The second-order valence-electron chi connectivity index (χ2n) is 5.13. The van der Waals surface area contributed by atoms with Gasteiger partial charge in [0.25, 0.3) is 0 Å². The van der Waals surface area contributed by atoms with E-state index in [9.17, 15) is 4.79 Å². The highest BCUT2D eigenvalue weighted by molar-refractivity contribution is 8.01. The number of aromatic nitrogens is 2. The minimum atomic E-state index is 0.0924. The van der Waals surface area contributed by atoms with Crippen molar-refractivity contribution < 1.29 is 4.79 Å². The first-order valence-electron chi connectivity index (χ1n) is 7.22. The molecule has 0 atom stereocenters. The quantitative estimate of drug-likeness (QED) is 0.495. The fourth-order valence-electron chi connectivity index (χ4n) is 2.43. The van der Waals surface area contributed by atoms with Crippen LogP contribution in [-0.2, 0) is 6.54 Å². The first kappa shape index (κ1) is 15.8. The molecular weight excluding hydrogens is 326 g/mol. The Hall–Kier alpha value is -2.10. The van der Waals surface area contributed by atoms with Crippen molar-refractivity contribution in [2.24, 2.45) is 0 Å². The fraction of sp³-hybridized carbons (Fsp3) is 0.235. The van der Waals surface area contributed by atoms with Crippen LogP contribution in [0, 0.1) is 18.3 Å². The van der Waals surface area contributed by atoms with Crippen molar-refractivity contribution in [2.45, 2.75) is 24.2 Å². The average molecular weight is 341 g/mol. The van der Waals surface area contributed by atoms with E-state index in [1.54, 1.807) is 11.3 Å². The monoisotopic (exact) mass is 341 g/mol. The van der Waals surface area contributed by atoms with Crippen molar-refractivity contribution in [3.8, 4) is 6.07 Å². The number of hydrogen-bond acceptors (Lipinski definition) is 5. The van der Waals surface area contributed by atoms with Gasteiger partial charge in [-0.05, 0) is 13.0 Å². The number of aryl methyl sites for hydroxylation is 2. The minimum Gasteiger partial charge on any atom is -0.346 e. The van der Waals surface area contributed by atoms with E-state index < -0.39 is 0 Å². The number of carbonyl (C=O) groups excluding carboxylic acids is 1. The molecule has 0 aliphatic heterocycles. The maximum atomic E-state index is 12.6. The van der Waals surface area contributed by atoms with Crippen molar-refractivity contribution in [1.29, 1.82) is 5.26 Å². The summed E-state index contributed by atoms with van der Waals surface area (Å²) in [6.07, 6.45) is 2.30. The Labute approximate surface area is 142 Å². The zero-order chi connectivity index (χ0) is 16.2. The normalized spacial score (nSPS) is 10.8. The van der Waals surface area contributed by atoms with Crippen LogP contribution in [0.4, 0.5) is 0 Å². The highest BCUT2D eigenvalue weighted by Crippen LogP contribution is 2.26. The van der Waals surface area contributed by atoms with Gasteiger partial charge in [-0.15, -0.1) is 11.3 Å². The molecule has 0 saturated heterocycles. The van der Waals surface area contributed by atoms with Crippen LogP contribution in [0.3, 0.4) is 0 Å². The summed E-state index contributed by atoms with van der Waals surface area (Å²) < 4.78 is 2.91. The summed E-state index contributed by atoms with van der Waals surface area (Å²) in [5.74, 6) is 0.467. The molecule has 3 rings (SSSR count). The summed E-state index contributed by atoms with van der Waals surface area (Å²) >= 11 is 3.04. The van der Waals surface area contributed by atoms with Gasteiger partial charge in [0.2, 0.25) is 0 Å². The molecule has 3 aromatic rings. The lowest BCUT2D eigenvalue weighted by atomic mass is 10.1. The standard InChI is InChI=1S/C17H15N3OS2/c1-12-10-22-17(19-12)23-11-16(21)14-9-20(8-4-7-18)15-6-3-2-5-13(14)15/h2-3,5-6,9-10H,4,8,11H2,1H3. The predicted molar refractivity (Wildman–Crippen MR) is 94.1 cm³/mol. The Kier molecular flexibility index (Phi) is 4.79. The zero-order valence-electron chi connectivity index (χ0n) is 12.7. The van der Waals surface area contributed by atoms with Gasteiger partial charge >= 0.3 is 0 Å². The maximum Gasteiger partial charge on any atom is 0.175 e. The van der Waals surface area contributed by atoms with Crippen LogP contribution in [0.1, 0.15) is 22.5 Å². The third-order valence-corrected chi connectivity index (χ3v) is 5.62. The second kappa shape index (κ2) is 6.99. The number of hydrogen-bond donors (Lipinski definition) is 0. The molecule has 2 heterocycles. The number of carbonyl (C=O) groups is 1. The molecule has 0 aliphatic rings. The number of ketones is 1. The largest absolute Gasteiger partial charge is 0.346 e. The first-order valence-corrected chi connectivity index (χ1v) is 9.08. The van der Waals surface area contributed by atoms with E-state index >= 15 is 0 Å². The molecule has 0 aliphatic carbocycles. The minimum absolute atomic E-state index is 0.0924. The highest BCUT2D eigenvalue weighted by atomic mass is 32.2. The number of rotatable bonds is 6. The Morgan fingerprint density at radius 1 is 1.43 bits per heavy atom. The van der Waals surface area contributed by atoms with Gasteiger partial charge in [-0.3, -0.25) is 4.79 Å². The molecule has 2 aromatic heterocycles. The van der Waals surface area contributed by atoms with Gasteiger partial charge in [0.15, 0.2) is 10.1 Å². The highest BCUT2D eigenvalue weighted by Gasteiger charge is 2.15. The summed E-state index contributed by atoms with van der Waals surface area (Å²) in [5.41, 5.74) is 2.71. The Bertz CT molecular complexity index is 889. The summed E-state index contributed by atoms with van der Waals surface area (Å²) in [7, 11) is 0. The molecule has 1 aromatic carbocycles. The SMILES string of the molecule is Cc1csc(SCC(=O)c2cn(CCC#N)c3ccccc23)n1. The van der Waals surface area contributed by atoms with Crippen LogP contribution in [0.5, 0.6) is 0 Å². The third kappa shape index (κ3) is 3.46. The van der Waals surface area contributed by atoms with Crippen LogP contribution in [0.15, 0.2) is 40.2 Å². The molecule has 116 valence electrons. The van der Waals surface area contributed by atoms with E-state index in [4.69, 9.17) is 5.26 Å². The van der Waals surface area contributed by atoms with Gasteiger partial charge in [-0.1, -0.05) is 30.0 Å². The second-order valence-corrected chi connectivity index (χ2v) is 7.21. The lowest BCUT2D eigenvalue weighted by Crippen LogP contribution is -2.02. The van der Waals surface area contributed by atoms with Gasteiger partial charge in [-0.2, -0.15) is 5.26 Å². The van der Waals surface area contributed by atoms with Crippen molar-refractivity contribution >= 4 is 39.8 Å². The maximum absolute atomic E-state index is 12.6. The Morgan fingerprint density at radius 3 is 3.00 bits per heavy atom. The van der Waals surface area contributed by atoms with Gasteiger partial charge < -0.3 is 4.57 Å². The van der Waals surface area contributed by atoms with E-state index in [-0.39, 0.29) is 5.78 Å². The lowest BCUT2D eigenvalue weighted by molar-refractivity contribution is 0.102. The fourth-order valence-corrected chi connectivity index (χ4v) is 4.16. The molecule has 0 bridgehead atoms. The van der Waals surface area contributed by atoms with Crippen LogP contribution in [0.2, 0.25) is 0 Å². The van der Waals surface area contributed by atoms with Crippen LogP contribution < -0.4 is 0 Å². The number of nitriles is 1. The summed E-state index contributed by atoms with van der Waals surface area (Å²) in [6.45, 7) is 2.55. The van der Waals surface area contributed by atoms with Crippen LogP contribution in [0.25, 0.3) is 10.9 Å². The molecule has 6 heteroatoms. The number of fused-ring (bicyclic) bond motifs is 1. The van der Waals surface area contributed by atoms with Crippen molar-refractivity contribution in [3.63, 3.8) is 0 Å². The molecular formula is C17H15N3OS2. The number of thiazole rings is 1. The zero-order valence-corrected chi connectivity index (χ0v) is 14.3. The topological polar surface area (TPSA) is 58.7 Å². The predicted octanol–water partition coefficient (Wildman–Crippen LogP) is 4.29. The summed E-state index contributed by atoms with van der Waals surface area (Å²) in [5, 5.41) is 11.7. The van der Waals surface area contributed by atoms with E-state index in [2.05, 4.69) is 11.1 Å². The number of thioether (sulfide) groups is 1. The molecule has 0 unspecified atom stereocenters. The van der Waals surface area contributed by atoms with Crippen molar-refractivity contribution in [3.05, 3.63) is 47.1 Å². The van der Waals surface area contributed by atoms with Crippen LogP contribution in [-0.4, -0.2) is 21.1 Å². The Balaban J connectivity index is 1.83. The van der Waals surface area contributed by atoms with E-state index in [0.29, 0.717) is 18.7 Å². The number of para-hydroxylation sites is 1. The molecule has 0 N–H and O–H groups in total. The molecule has 23 heavy (non-hydrogen) atoms. The number of benzene rings is 1. The average Bonchev–Trinajstić information content (AvgIpc) is 3.14. The lowest BCUT2D eigenvalue weighted by Gasteiger charge is -2.00. The molecule has 0 amide bonds. The molecule has 0 saturated carbocycles. The van der Waals surface area contributed by atoms with Crippen molar-refractivity contribution in [2.75, 3.05) is 5.75 Å². The summed E-state index contributed by atoms with van der Waals surface area (Å²) in [4.78, 5) is 17.0. The van der Waals surface area contributed by atoms with E-state index in [0.717, 1.165) is 26.5 Å². The van der Waals surface area contributed by atoms with Gasteiger partial charge in [0.05, 0.1) is 18.2 Å². The van der Waals surface area contributed by atoms with Crippen LogP contribution >= 0.6 is 23.1 Å². The first-order chi connectivity index (χ1) is 11.2. The van der Waals surface area contributed by atoms with Gasteiger partial charge in [-0.25, -0.2) is 4.98 Å². The summed E-state index contributed by atoms with van der Waals surface area (Å²) in [6, 6.07) is 9.99. The smallest absolute Gasteiger partial charge is 0.175 e. The molecule has 4 nitrogen and oxygen atoms in total. The Morgan fingerprint density at radius 2 is 2.26 bits per heavy atom. The van der Waals surface area contributed by atoms with Gasteiger partial charge in [0, 0.05) is 40.3 Å². The molecule has 0 fully saturated rings.